The molecular formula is C19H17ClN4O. The van der Waals surface area contributed by atoms with Crippen molar-refractivity contribution in [3.8, 4) is 0 Å². The molecule has 126 valence electrons. The molecule has 3 aromatic rings. The molecule has 0 saturated heterocycles. The van der Waals surface area contributed by atoms with Crippen molar-refractivity contribution in [1.29, 1.82) is 0 Å². The molecule has 2 N–H and O–H groups in total. The zero-order valence-electron chi connectivity index (χ0n) is 13.7. The SMILES string of the molecule is Cc1ccc(CNC(=O)c2ccc(Nc3ccccc3Cl)nn2)cc1. The molecule has 6 heteroatoms. The first-order valence-electron chi connectivity index (χ1n) is 7.81. The van der Waals surface area contributed by atoms with Crippen LogP contribution in [0.25, 0.3) is 0 Å². The number of halogens is 1. The Balaban J connectivity index is 1.60. The predicted octanol–water partition coefficient (Wildman–Crippen LogP) is 4.11. The second-order valence-corrected chi connectivity index (χ2v) is 5.98. The van der Waals surface area contributed by atoms with Crippen LogP contribution >= 0.6 is 11.6 Å². The second-order valence-electron chi connectivity index (χ2n) is 5.58. The monoisotopic (exact) mass is 352 g/mol. The van der Waals surface area contributed by atoms with Crippen LogP contribution in [0.5, 0.6) is 0 Å². The standard InChI is InChI=1S/C19H17ClN4O/c1-13-6-8-14(9-7-13)12-21-19(25)17-10-11-18(24-23-17)22-16-5-3-2-4-15(16)20/h2-11H,12H2,1H3,(H,21,25)(H,22,24). The lowest BCUT2D eigenvalue weighted by Gasteiger charge is -2.08. The van der Waals surface area contributed by atoms with Gasteiger partial charge in [0, 0.05) is 6.54 Å². The van der Waals surface area contributed by atoms with Crippen LogP contribution in [0.2, 0.25) is 5.02 Å². The van der Waals surface area contributed by atoms with Gasteiger partial charge >= 0.3 is 0 Å². The smallest absolute Gasteiger partial charge is 0.272 e. The highest BCUT2D eigenvalue weighted by Gasteiger charge is 2.08. The van der Waals surface area contributed by atoms with E-state index in [0.29, 0.717) is 17.4 Å². The van der Waals surface area contributed by atoms with Gasteiger partial charge in [0.25, 0.3) is 5.91 Å². The molecular weight excluding hydrogens is 336 g/mol. The largest absolute Gasteiger partial charge is 0.347 e. The molecule has 0 aliphatic heterocycles. The highest BCUT2D eigenvalue weighted by atomic mass is 35.5. The Kier molecular flexibility index (Phi) is 5.26. The molecule has 0 saturated carbocycles. The lowest BCUT2D eigenvalue weighted by Crippen LogP contribution is -2.24. The van der Waals surface area contributed by atoms with Gasteiger partial charge in [-0.3, -0.25) is 4.79 Å². The van der Waals surface area contributed by atoms with Crippen LogP contribution in [0.1, 0.15) is 21.6 Å². The molecule has 2 aromatic carbocycles. The van der Waals surface area contributed by atoms with Crippen LogP contribution in [-0.2, 0) is 6.54 Å². The summed E-state index contributed by atoms with van der Waals surface area (Å²) in [5.41, 5.74) is 3.21. The van der Waals surface area contributed by atoms with Crippen LogP contribution in [0.15, 0.2) is 60.7 Å². The van der Waals surface area contributed by atoms with Crippen LogP contribution in [-0.4, -0.2) is 16.1 Å². The summed E-state index contributed by atoms with van der Waals surface area (Å²) >= 11 is 6.09. The molecule has 1 aromatic heterocycles. The van der Waals surface area contributed by atoms with Crippen LogP contribution in [0.3, 0.4) is 0 Å². The third-order valence-corrected chi connectivity index (χ3v) is 3.94. The van der Waals surface area contributed by atoms with Crippen molar-refractivity contribution in [2.75, 3.05) is 5.32 Å². The van der Waals surface area contributed by atoms with Crippen LogP contribution in [0.4, 0.5) is 11.5 Å². The van der Waals surface area contributed by atoms with Crippen molar-refractivity contribution in [3.05, 3.63) is 82.5 Å². The maximum atomic E-state index is 12.2. The van der Waals surface area contributed by atoms with Gasteiger partial charge in [-0.15, -0.1) is 10.2 Å². The number of carbonyl (C=O) groups excluding carboxylic acids is 1. The molecule has 0 bridgehead atoms. The maximum absolute atomic E-state index is 12.2. The second kappa shape index (κ2) is 7.77. The molecule has 0 atom stereocenters. The first kappa shape index (κ1) is 16.9. The number of hydrogen-bond donors (Lipinski definition) is 2. The number of aryl methyl sites for hydroxylation is 1. The van der Waals surface area contributed by atoms with E-state index in [0.717, 1.165) is 11.3 Å². The molecule has 25 heavy (non-hydrogen) atoms. The topological polar surface area (TPSA) is 66.9 Å². The Bertz CT molecular complexity index is 863. The first-order chi connectivity index (χ1) is 12.1. The molecule has 1 heterocycles. The fraction of sp³-hybridized carbons (Fsp3) is 0.105. The number of nitrogens with zero attached hydrogens (tertiary/aromatic N) is 2. The summed E-state index contributed by atoms with van der Waals surface area (Å²) < 4.78 is 0. The summed E-state index contributed by atoms with van der Waals surface area (Å²) in [5, 5.41) is 14.5. The maximum Gasteiger partial charge on any atom is 0.272 e. The number of nitrogens with one attached hydrogen (secondary N) is 2. The quantitative estimate of drug-likeness (QED) is 0.725. The van der Waals surface area contributed by atoms with Gasteiger partial charge in [-0.1, -0.05) is 53.6 Å². The normalized spacial score (nSPS) is 10.3. The molecule has 0 aliphatic rings. The molecule has 0 spiro atoms. The minimum absolute atomic E-state index is 0.261. The number of para-hydroxylation sites is 1. The fourth-order valence-corrected chi connectivity index (χ4v) is 2.38. The van der Waals surface area contributed by atoms with Crippen molar-refractivity contribution in [1.82, 2.24) is 15.5 Å². The number of anilines is 2. The Hall–Kier alpha value is -2.92. The average molecular weight is 353 g/mol. The summed E-state index contributed by atoms with van der Waals surface area (Å²) in [7, 11) is 0. The van der Waals surface area contributed by atoms with E-state index in [-0.39, 0.29) is 11.6 Å². The number of carbonyl (C=O) groups is 1. The van der Waals surface area contributed by atoms with E-state index in [9.17, 15) is 4.79 Å². The molecule has 0 unspecified atom stereocenters. The molecule has 0 radical (unpaired) electrons. The Morgan fingerprint density at radius 2 is 1.76 bits per heavy atom. The first-order valence-corrected chi connectivity index (χ1v) is 8.18. The average Bonchev–Trinajstić information content (AvgIpc) is 2.63. The van der Waals surface area contributed by atoms with Crippen molar-refractivity contribution in [3.63, 3.8) is 0 Å². The van der Waals surface area contributed by atoms with Gasteiger partial charge in [-0.2, -0.15) is 0 Å². The summed E-state index contributed by atoms with van der Waals surface area (Å²) in [5.74, 6) is 0.251. The fourth-order valence-electron chi connectivity index (χ4n) is 2.20. The minimum Gasteiger partial charge on any atom is -0.347 e. The van der Waals surface area contributed by atoms with Crippen molar-refractivity contribution < 1.29 is 4.79 Å². The van der Waals surface area contributed by atoms with E-state index in [1.54, 1.807) is 18.2 Å². The molecule has 3 rings (SSSR count). The van der Waals surface area contributed by atoms with E-state index >= 15 is 0 Å². The van der Waals surface area contributed by atoms with E-state index in [1.165, 1.54) is 5.56 Å². The summed E-state index contributed by atoms with van der Waals surface area (Å²) in [4.78, 5) is 12.2. The third kappa shape index (κ3) is 4.55. The molecule has 0 fully saturated rings. The van der Waals surface area contributed by atoms with Gasteiger partial charge in [0.15, 0.2) is 11.5 Å². The number of rotatable bonds is 5. The van der Waals surface area contributed by atoms with E-state index in [1.807, 2.05) is 49.4 Å². The van der Waals surface area contributed by atoms with Crippen molar-refractivity contribution in [2.24, 2.45) is 0 Å². The minimum atomic E-state index is -0.266. The van der Waals surface area contributed by atoms with Gasteiger partial charge < -0.3 is 10.6 Å². The van der Waals surface area contributed by atoms with Crippen LogP contribution in [0, 0.1) is 6.92 Å². The number of benzene rings is 2. The lowest BCUT2D eigenvalue weighted by atomic mass is 10.1. The van der Waals surface area contributed by atoms with E-state index < -0.39 is 0 Å². The zero-order valence-corrected chi connectivity index (χ0v) is 14.4. The number of aromatic nitrogens is 2. The molecule has 0 aliphatic carbocycles. The molecule has 5 nitrogen and oxygen atoms in total. The Labute approximate surface area is 151 Å². The van der Waals surface area contributed by atoms with E-state index in [4.69, 9.17) is 11.6 Å². The predicted molar refractivity (Wildman–Crippen MR) is 99.1 cm³/mol. The summed E-state index contributed by atoms with van der Waals surface area (Å²) in [6.07, 6.45) is 0. The van der Waals surface area contributed by atoms with Crippen molar-refractivity contribution in [2.45, 2.75) is 13.5 Å². The number of hydrogen-bond acceptors (Lipinski definition) is 4. The summed E-state index contributed by atoms with van der Waals surface area (Å²) in [6.45, 7) is 2.47. The molecule has 1 amide bonds. The van der Waals surface area contributed by atoms with Crippen molar-refractivity contribution >= 4 is 29.0 Å². The van der Waals surface area contributed by atoms with Gasteiger partial charge in [0.05, 0.1) is 10.7 Å². The van der Waals surface area contributed by atoms with Gasteiger partial charge in [-0.25, -0.2) is 0 Å². The van der Waals surface area contributed by atoms with E-state index in [2.05, 4.69) is 20.8 Å². The Morgan fingerprint density at radius 3 is 2.44 bits per heavy atom. The van der Waals surface area contributed by atoms with Crippen LogP contribution < -0.4 is 10.6 Å². The highest BCUT2D eigenvalue weighted by molar-refractivity contribution is 6.33. The third-order valence-electron chi connectivity index (χ3n) is 3.61. The number of amides is 1. The van der Waals surface area contributed by atoms with Gasteiger partial charge in [-0.05, 0) is 36.8 Å². The summed E-state index contributed by atoms with van der Waals surface area (Å²) in [6, 6.07) is 18.6. The lowest BCUT2D eigenvalue weighted by molar-refractivity contribution is 0.0945. The highest BCUT2D eigenvalue weighted by Crippen LogP contribution is 2.23. The van der Waals surface area contributed by atoms with Gasteiger partial charge in [0.2, 0.25) is 0 Å². The zero-order chi connectivity index (χ0) is 17.6. The Morgan fingerprint density at radius 1 is 1.00 bits per heavy atom. The van der Waals surface area contributed by atoms with Gasteiger partial charge in [0.1, 0.15) is 0 Å².